The van der Waals surface area contributed by atoms with Crippen LogP contribution in [0.2, 0.25) is 0 Å². The molecule has 0 aliphatic heterocycles. The van der Waals surface area contributed by atoms with Crippen molar-refractivity contribution < 1.29 is 35.9 Å². The number of alkyl halides is 3. The van der Waals surface area contributed by atoms with Crippen LogP contribution in [0.5, 0.6) is 5.75 Å². The first-order chi connectivity index (χ1) is 22.7. The molecule has 2 amide bonds. The summed E-state index contributed by atoms with van der Waals surface area (Å²) in [7, 11) is -3.09. The van der Waals surface area contributed by atoms with Gasteiger partial charge < -0.3 is 15.0 Å². The van der Waals surface area contributed by atoms with Gasteiger partial charge in [-0.3, -0.25) is 13.9 Å². The predicted octanol–water partition coefficient (Wildman–Crippen LogP) is 6.38. The van der Waals surface area contributed by atoms with E-state index in [-0.39, 0.29) is 29.6 Å². The molecular weight excluding hydrogens is 643 g/mol. The van der Waals surface area contributed by atoms with Gasteiger partial charge in [0.1, 0.15) is 18.3 Å². The number of carbonyl (C=O) groups is 2. The van der Waals surface area contributed by atoms with E-state index in [0.717, 1.165) is 23.3 Å². The Morgan fingerprint density at radius 2 is 1.50 bits per heavy atom. The zero-order chi connectivity index (χ0) is 35.1. The van der Waals surface area contributed by atoms with E-state index in [9.17, 15) is 31.2 Å². The van der Waals surface area contributed by atoms with Crippen LogP contribution >= 0.6 is 0 Å². The van der Waals surface area contributed by atoms with Gasteiger partial charge in [0.2, 0.25) is 11.8 Å². The summed E-state index contributed by atoms with van der Waals surface area (Å²) in [5.41, 5.74) is 0.659. The van der Waals surface area contributed by atoms with Gasteiger partial charge in [0.05, 0.1) is 23.3 Å². The topological polar surface area (TPSA) is 96.0 Å². The van der Waals surface area contributed by atoms with Crippen molar-refractivity contribution in [2.75, 3.05) is 18.0 Å². The molecule has 0 heterocycles. The van der Waals surface area contributed by atoms with Gasteiger partial charge >= 0.3 is 6.18 Å². The highest BCUT2D eigenvalue weighted by Crippen LogP contribution is 2.33. The van der Waals surface area contributed by atoms with E-state index in [0.29, 0.717) is 21.7 Å². The van der Waals surface area contributed by atoms with E-state index in [1.54, 1.807) is 81.4 Å². The molecule has 0 fully saturated rings. The first kappa shape index (κ1) is 36.0. The zero-order valence-corrected chi connectivity index (χ0v) is 27.9. The van der Waals surface area contributed by atoms with Gasteiger partial charge in [-0.05, 0) is 74.4 Å². The summed E-state index contributed by atoms with van der Waals surface area (Å²) < 4.78 is 75.7. The molecule has 1 atom stereocenters. The van der Waals surface area contributed by atoms with Crippen LogP contribution in [0.25, 0.3) is 0 Å². The molecule has 4 rings (SSSR count). The Balaban J connectivity index is 1.86. The SMILES string of the molecule is COc1cccc(CN(C(=O)CN(c2cccc(C(F)(F)F)c2)S(=O)(=O)c2ccc(C)cc2)C(Cc2ccccc2)C(=O)NC(C)C)c1. The number of rotatable bonds is 13. The normalized spacial score (nSPS) is 12.3. The fraction of sp³-hybridized carbons (Fsp3) is 0.278. The minimum Gasteiger partial charge on any atom is -0.497 e. The number of halogens is 3. The summed E-state index contributed by atoms with van der Waals surface area (Å²) in [4.78, 5) is 29.4. The molecule has 0 bridgehead atoms. The van der Waals surface area contributed by atoms with Crippen molar-refractivity contribution in [1.82, 2.24) is 10.2 Å². The van der Waals surface area contributed by atoms with Gasteiger partial charge in [0.15, 0.2) is 0 Å². The molecule has 1 unspecified atom stereocenters. The van der Waals surface area contributed by atoms with Crippen molar-refractivity contribution in [3.63, 3.8) is 0 Å². The zero-order valence-electron chi connectivity index (χ0n) is 27.1. The van der Waals surface area contributed by atoms with Crippen LogP contribution in [0.15, 0.2) is 108 Å². The number of carbonyl (C=O) groups excluding carboxylic acids is 2. The van der Waals surface area contributed by atoms with Gasteiger partial charge in [0.25, 0.3) is 10.0 Å². The van der Waals surface area contributed by atoms with Gasteiger partial charge in [-0.1, -0.05) is 66.2 Å². The first-order valence-corrected chi connectivity index (χ1v) is 16.7. The number of aryl methyl sites for hydroxylation is 1. The molecule has 0 aromatic heterocycles. The van der Waals surface area contributed by atoms with Gasteiger partial charge in [-0.25, -0.2) is 8.42 Å². The van der Waals surface area contributed by atoms with Crippen LogP contribution in [-0.2, 0) is 38.8 Å². The van der Waals surface area contributed by atoms with Gasteiger partial charge in [-0.15, -0.1) is 0 Å². The molecule has 48 heavy (non-hydrogen) atoms. The van der Waals surface area contributed by atoms with E-state index < -0.39 is 46.2 Å². The summed E-state index contributed by atoms with van der Waals surface area (Å²) in [5, 5.41) is 2.86. The largest absolute Gasteiger partial charge is 0.497 e. The second-order valence-corrected chi connectivity index (χ2v) is 13.5. The van der Waals surface area contributed by atoms with E-state index in [1.807, 2.05) is 6.07 Å². The molecular formula is C36H38F3N3O5S. The van der Waals surface area contributed by atoms with Crippen molar-refractivity contribution in [2.45, 2.75) is 56.9 Å². The highest BCUT2D eigenvalue weighted by atomic mass is 32.2. The molecule has 0 saturated carbocycles. The third-order valence-corrected chi connectivity index (χ3v) is 9.33. The minimum atomic E-state index is -4.77. The molecule has 1 N–H and O–H groups in total. The lowest BCUT2D eigenvalue weighted by molar-refractivity contribution is -0.140. The van der Waals surface area contributed by atoms with Crippen molar-refractivity contribution in [3.05, 3.63) is 125 Å². The minimum absolute atomic E-state index is 0.0867. The molecule has 0 radical (unpaired) electrons. The van der Waals surface area contributed by atoms with E-state index in [4.69, 9.17) is 4.74 Å². The Kier molecular flexibility index (Phi) is 11.5. The monoisotopic (exact) mass is 681 g/mol. The van der Waals surface area contributed by atoms with Crippen LogP contribution in [0.4, 0.5) is 18.9 Å². The first-order valence-electron chi connectivity index (χ1n) is 15.2. The average molecular weight is 682 g/mol. The highest BCUT2D eigenvalue weighted by Gasteiger charge is 2.36. The number of ether oxygens (including phenoxy) is 1. The second kappa shape index (κ2) is 15.4. The number of anilines is 1. The maximum atomic E-state index is 14.5. The van der Waals surface area contributed by atoms with E-state index in [1.165, 1.54) is 30.2 Å². The fourth-order valence-electron chi connectivity index (χ4n) is 5.11. The molecule has 0 aliphatic rings. The van der Waals surface area contributed by atoms with Crippen molar-refractivity contribution in [3.8, 4) is 5.75 Å². The Labute approximate surface area is 279 Å². The van der Waals surface area contributed by atoms with Gasteiger partial charge in [0, 0.05) is 19.0 Å². The summed E-state index contributed by atoms with van der Waals surface area (Å²) in [6.07, 6.45) is -4.68. The molecule has 0 saturated heterocycles. The number of benzene rings is 4. The number of methoxy groups -OCH3 is 1. The standard InChI is InChI=1S/C36H38F3N3O5S/c1-25(2)40-35(44)33(21-27-10-6-5-7-11-27)41(23-28-12-8-15-31(20-28)47-4)34(43)24-42(30-14-9-13-29(22-30)36(37,38)39)48(45,46)32-18-16-26(3)17-19-32/h5-20,22,25,33H,21,23-24H2,1-4H3,(H,40,44). The second-order valence-electron chi connectivity index (χ2n) is 11.6. The van der Waals surface area contributed by atoms with Crippen molar-refractivity contribution in [2.24, 2.45) is 0 Å². The van der Waals surface area contributed by atoms with E-state index >= 15 is 0 Å². The maximum absolute atomic E-state index is 14.5. The lowest BCUT2D eigenvalue weighted by Crippen LogP contribution is -2.54. The Hall–Kier alpha value is -4.84. The Morgan fingerprint density at radius 1 is 0.854 bits per heavy atom. The number of amides is 2. The number of hydrogen-bond acceptors (Lipinski definition) is 5. The lowest BCUT2D eigenvalue weighted by atomic mass is 10.0. The molecule has 8 nitrogen and oxygen atoms in total. The summed E-state index contributed by atoms with van der Waals surface area (Å²) in [6.45, 7) is 4.29. The van der Waals surface area contributed by atoms with E-state index in [2.05, 4.69) is 5.32 Å². The Morgan fingerprint density at radius 3 is 2.12 bits per heavy atom. The quantitative estimate of drug-likeness (QED) is 0.177. The van der Waals surface area contributed by atoms with Crippen LogP contribution in [0, 0.1) is 6.92 Å². The number of sulfonamides is 1. The molecule has 254 valence electrons. The molecule has 4 aromatic carbocycles. The molecule has 0 spiro atoms. The molecule has 0 aliphatic carbocycles. The number of nitrogens with one attached hydrogen (secondary N) is 1. The number of nitrogens with zero attached hydrogens (tertiary/aromatic N) is 2. The third-order valence-electron chi connectivity index (χ3n) is 7.54. The lowest BCUT2D eigenvalue weighted by Gasteiger charge is -2.34. The maximum Gasteiger partial charge on any atom is 0.416 e. The summed E-state index contributed by atoms with van der Waals surface area (Å²) >= 11 is 0. The smallest absolute Gasteiger partial charge is 0.416 e. The third kappa shape index (κ3) is 9.15. The number of hydrogen-bond donors (Lipinski definition) is 1. The predicted molar refractivity (Wildman–Crippen MR) is 178 cm³/mol. The molecule has 12 heteroatoms. The van der Waals surface area contributed by atoms with Crippen LogP contribution < -0.4 is 14.4 Å². The van der Waals surface area contributed by atoms with Crippen LogP contribution in [0.3, 0.4) is 0 Å². The highest BCUT2D eigenvalue weighted by molar-refractivity contribution is 7.92. The van der Waals surface area contributed by atoms with Gasteiger partial charge in [-0.2, -0.15) is 13.2 Å². The Bertz CT molecular complexity index is 1810. The fourth-order valence-corrected chi connectivity index (χ4v) is 6.51. The summed E-state index contributed by atoms with van der Waals surface area (Å²) in [5.74, 6) is -0.776. The van der Waals surface area contributed by atoms with Crippen LogP contribution in [0.1, 0.15) is 36.1 Å². The summed E-state index contributed by atoms with van der Waals surface area (Å²) in [6, 6.07) is 24.1. The average Bonchev–Trinajstić information content (AvgIpc) is 3.05. The van der Waals surface area contributed by atoms with Crippen LogP contribution in [-0.4, -0.2) is 50.9 Å². The molecule has 4 aromatic rings. The van der Waals surface area contributed by atoms with Crippen molar-refractivity contribution >= 4 is 27.5 Å². The van der Waals surface area contributed by atoms with Crippen molar-refractivity contribution in [1.29, 1.82) is 0 Å².